The number of aliphatic hydroxyl groups is 1. The summed E-state index contributed by atoms with van der Waals surface area (Å²) in [7, 11) is 1.76. The average molecular weight is 226 g/mol. The van der Waals surface area contributed by atoms with Crippen LogP contribution < -0.4 is 0 Å². The molecule has 15 heavy (non-hydrogen) atoms. The molecule has 3 heteroatoms. The van der Waals surface area contributed by atoms with Gasteiger partial charge in [0.2, 0.25) is 0 Å². The van der Waals surface area contributed by atoms with E-state index in [1.165, 1.54) is 5.56 Å². The van der Waals surface area contributed by atoms with E-state index in [0.29, 0.717) is 6.10 Å². The summed E-state index contributed by atoms with van der Waals surface area (Å²) in [6, 6.07) is 2.08. The van der Waals surface area contributed by atoms with Gasteiger partial charge in [-0.15, -0.1) is 11.3 Å². The molecule has 0 saturated heterocycles. The van der Waals surface area contributed by atoms with E-state index in [2.05, 4.69) is 18.4 Å². The molecular formula is C12H18O2S. The van der Waals surface area contributed by atoms with Crippen molar-refractivity contribution in [3.63, 3.8) is 0 Å². The highest BCUT2D eigenvalue weighted by molar-refractivity contribution is 7.10. The third kappa shape index (κ3) is 2.10. The lowest BCUT2D eigenvalue weighted by atomic mass is 9.81. The third-order valence-corrected chi connectivity index (χ3v) is 4.59. The SMILES string of the molecule is COC1CCC(O)(c2sccc2C)CC1. The summed E-state index contributed by atoms with van der Waals surface area (Å²) in [5.41, 5.74) is 0.631. The second kappa shape index (κ2) is 4.24. The molecule has 1 saturated carbocycles. The van der Waals surface area contributed by atoms with E-state index >= 15 is 0 Å². The first-order valence-electron chi connectivity index (χ1n) is 5.45. The maximum Gasteiger partial charge on any atom is 0.0992 e. The van der Waals surface area contributed by atoms with Crippen LogP contribution in [0.25, 0.3) is 0 Å². The number of ether oxygens (including phenoxy) is 1. The van der Waals surface area contributed by atoms with Crippen molar-refractivity contribution in [1.29, 1.82) is 0 Å². The summed E-state index contributed by atoms with van der Waals surface area (Å²) in [6.45, 7) is 2.08. The highest BCUT2D eigenvalue weighted by Crippen LogP contribution is 2.41. The highest BCUT2D eigenvalue weighted by atomic mass is 32.1. The smallest absolute Gasteiger partial charge is 0.0992 e. The van der Waals surface area contributed by atoms with E-state index in [0.717, 1.165) is 30.6 Å². The molecule has 0 aromatic carbocycles. The standard InChI is InChI=1S/C12H18O2S/c1-9-5-8-15-11(9)12(13)6-3-10(14-2)4-7-12/h5,8,10,13H,3-4,6-7H2,1-2H3. The molecule has 2 nitrogen and oxygen atoms in total. The van der Waals surface area contributed by atoms with Crippen molar-refractivity contribution in [3.05, 3.63) is 21.9 Å². The van der Waals surface area contributed by atoms with Gasteiger partial charge < -0.3 is 9.84 Å². The monoisotopic (exact) mass is 226 g/mol. The molecule has 1 aromatic heterocycles. The molecule has 1 N–H and O–H groups in total. The van der Waals surface area contributed by atoms with Crippen molar-refractivity contribution >= 4 is 11.3 Å². The minimum atomic E-state index is -0.590. The fraction of sp³-hybridized carbons (Fsp3) is 0.667. The fourth-order valence-corrected chi connectivity index (χ4v) is 3.47. The molecule has 0 atom stereocenters. The number of hydrogen-bond acceptors (Lipinski definition) is 3. The molecule has 1 aliphatic carbocycles. The Morgan fingerprint density at radius 2 is 2.13 bits per heavy atom. The zero-order valence-corrected chi connectivity index (χ0v) is 10.1. The van der Waals surface area contributed by atoms with Crippen LogP contribution in [0.1, 0.15) is 36.1 Å². The molecule has 1 aliphatic rings. The summed E-state index contributed by atoms with van der Waals surface area (Å²) in [5, 5.41) is 12.6. The largest absolute Gasteiger partial charge is 0.384 e. The Labute approximate surface area is 94.9 Å². The second-order valence-corrected chi connectivity index (χ2v) is 5.32. The van der Waals surface area contributed by atoms with E-state index in [1.54, 1.807) is 18.4 Å². The lowest BCUT2D eigenvalue weighted by molar-refractivity contribution is -0.0454. The molecule has 1 heterocycles. The van der Waals surface area contributed by atoms with Crippen LogP contribution in [0, 0.1) is 6.92 Å². The molecule has 0 unspecified atom stereocenters. The van der Waals surface area contributed by atoms with Gasteiger partial charge in [0, 0.05) is 12.0 Å². The number of rotatable bonds is 2. The van der Waals surface area contributed by atoms with Gasteiger partial charge in [0.25, 0.3) is 0 Å². The van der Waals surface area contributed by atoms with Crippen LogP contribution >= 0.6 is 11.3 Å². The van der Waals surface area contributed by atoms with E-state index in [9.17, 15) is 5.11 Å². The molecule has 0 amide bonds. The number of methoxy groups -OCH3 is 1. The molecule has 0 spiro atoms. The lowest BCUT2D eigenvalue weighted by Gasteiger charge is -2.35. The molecular weight excluding hydrogens is 208 g/mol. The van der Waals surface area contributed by atoms with Crippen molar-refractivity contribution in [2.24, 2.45) is 0 Å². The normalized spacial score (nSPS) is 31.8. The van der Waals surface area contributed by atoms with Crippen LogP contribution in [0.4, 0.5) is 0 Å². The summed E-state index contributed by atoms with van der Waals surface area (Å²) in [5.74, 6) is 0. The minimum Gasteiger partial charge on any atom is -0.384 e. The molecule has 0 radical (unpaired) electrons. The number of hydrogen-bond donors (Lipinski definition) is 1. The summed E-state index contributed by atoms with van der Waals surface area (Å²) in [4.78, 5) is 1.15. The van der Waals surface area contributed by atoms with Crippen molar-refractivity contribution < 1.29 is 9.84 Å². The zero-order chi connectivity index (χ0) is 10.9. The minimum absolute atomic E-state index is 0.338. The lowest BCUT2D eigenvalue weighted by Crippen LogP contribution is -2.33. The van der Waals surface area contributed by atoms with Crippen LogP contribution in [0.3, 0.4) is 0 Å². The van der Waals surface area contributed by atoms with Gasteiger partial charge in [-0.3, -0.25) is 0 Å². The Kier molecular flexibility index (Phi) is 3.14. The van der Waals surface area contributed by atoms with Crippen LogP contribution in [0.2, 0.25) is 0 Å². The topological polar surface area (TPSA) is 29.5 Å². The first kappa shape index (κ1) is 11.1. The molecule has 0 aliphatic heterocycles. The zero-order valence-electron chi connectivity index (χ0n) is 9.32. The fourth-order valence-electron chi connectivity index (χ4n) is 2.38. The van der Waals surface area contributed by atoms with Crippen LogP contribution in [0.15, 0.2) is 11.4 Å². The number of thiophene rings is 1. The Hall–Kier alpha value is -0.380. The molecule has 84 valence electrons. The summed E-state index contributed by atoms with van der Waals surface area (Å²) in [6.07, 6.45) is 3.92. The van der Waals surface area contributed by atoms with Crippen LogP contribution in [-0.4, -0.2) is 18.3 Å². The van der Waals surface area contributed by atoms with Gasteiger partial charge in [-0.1, -0.05) is 0 Å². The first-order valence-corrected chi connectivity index (χ1v) is 6.33. The van der Waals surface area contributed by atoms with Crippen LogP contribution in [0.5, 0.6) is 0 Å². The van der Waals surface area contributed by atoms with Crippen molar-refractivity contribution in [1.82, 2.24) is 0 Å². The van der Waals surface area contributed by atoms with Crippen molar-refractivity contribution in [2.75, 3.05) is 7.11 Å². The van der Waals surface area contributed by atoms with Crippen molar-refractivity contribution in [2.45, 2.75) is 44.3 Å². The van der Waals surface area contributed by atoms with Gasteiger partial charge >= 0.3 is 0 Å². The van der Waals surface area contributed by atoms with Gasteiger partial charge in [0.1, 0.15) is 0 Å². The molecule has 0 bridgehead atoms. The van der Waals surface area contributed by atoms with Gasteiger partial charge in [0.15, 0.2) is 0 Å². The second-order valence-electron chi connectivity index (χ2n) is 4.40. The predicted octanol–water partition coefficient (Wildman–Crippen LogP) is 2.83. The van der Waals surface area contributed by atoms with E-state index in [1.807, 2.05) is 0 Å². The Bertz CT molecular complexity index is 324. The van der Waals surface area contributed by atoms with E-state index < -0.39 is 5.60 Å². The predicted molar refractivity (Wildman–Crippen MR) is 62.2 cm³/mol. The number of aryl methyl sites for hydroxylation is 1. The van der Waals surface area contributed by atoms with Gasteiger partial charge in [-0.25, -0.2) is 0 Å². The maximum atomic E-state index is 10.6. The molecule has 1 fully saturated rings. The Morgan fingerprint density at radius 3 is 2.60 bits per heavy atom. The molecule has 2 rings (SSSR count). The highest BCUT2D eigenvalue weighted by Gasteiger charge is 2.36. The van der Waals surface area contributed by atoms with E-state index in [-0.39, 0.29) is 0 Å². The summed E-state index contributed by atoms with van der Waals surface area (Å²) < 4.78 is 5.32. The average Bonchev–Trinajstić information content (AvgIpc) is 2.66. The first-order chi connectivity index (χ1) is 7.15. The van der Waals surface area contributed by atoms with Crippen LogP contribution in [-0.2, 0) is 10.3 Å². The van der Waals surface area contributed by atoms with Gasteiger partial charge in [-0.05, 0) is 49.6 Å². The van der Waals surface area contributed by atoms with Gasteiger partial charge in [0.05, 0.1) is 11.7 Å². The quantitative estimate of drug-likeness (QED) is 0.840. The Balaban J connectivity index is 2.13. The van der Waals surface area contributed by atoms with Crippen molar-refractivity contribution in [3.8, 4) is 0 Å². The van der Waals surface area contributed by atoms with E-state index in [4.69, 9.17) is 4.74 Å². The molecule has 1 aromatic rings. The maximum absolute atomic E-state index is 10.6. The Morgan fingerprint density at radius 1 is 1.47 bits per heavy atom. The third-order valence-electron chi connectivity index (χ3n) is 3.38. The summed E-state index contributed by atoms with van der Waals surface area (Å²) >= 11 is 1.67. The van der Waals surface area contributed by atoms with Gasteiger partial charge in [-0.2, -0.15) is 0 Å².